The third kappa shape index (κ3) is 72.1. The molecule has 0 aliphatic heterocycles. The number of nitrogens with zero attached hydrogens (tertiary/aromatic N) is 33. The molecule has 0 spiro atoms. The van der Waals surface area contributed by atoms with Crippen LogP contribution in [0, 0.1) is 34.7 Å². The number of nitriles is 1. The zero-order chi connectivity index (χ0) is 62.5. The van der Waals surface area contributed by atoms with Gasteiger partial charge < -0.3 is 128 Å². The minimum absolute atomic E-state index is 0. The molecule has 0 aromatic carbocycles. The molecule has 0 aliphatic rings. The Balaban J connectivity index is -0.0000000345. The molecule has 0 bridgehead atoms. The molecule has 7 aromatic rings. The van der Waals surface area contributed by atoms with Crippen LogP contribution >= 0.6 is 12.4 Å². The van der Waals surface area contributed by atoms with Gasteiger partial charge in [-0.3, -0.25) is 54.6 Å². The van der Waals surface area contributed by atoms with Gasteiger partial charge in [-0.25, -0.2) is 0 Å². The Morgan fingerprint density at radius 2 is 1.05 bits per heavy atom. The van der Waals surface area contributed by atoms with Crippen LogP contribution in [0.4, 0.5) is 13.2 Å². The molecule has 44 N–H and O–H groups in total. The van der Waals surface area contributed by atoms with E-state index in [1.54, 1.807) is 0 Å². The summed E-state index contributed by atoms with van der Waals surface area (Å²) >= 11 is 0. The summed E-state index contributed by atoms with van der Waals surface area (Å²) in [6, 6.07) is 0. The Morgan fingerprint density at radius 1 is 0.739 bits per heavy atom. The number of guanidine groups is 1. The number of rotatable bonds is 4. The monoisotopic (exact) mass is 1350 g/mol. The number of alkyl halides is 3. The molecule has 0 fully saturated rings. The maximum absolute atomic E-state index is 10.4. The summed E-state index contributed by atoms with van der Waals surface area (Å²) < 4.78 is 47.6. The number of aromatic amines is 3. The number of carbonyl (C=O) groups excluding carboxylic acids is 1. The first-order chi connectivity index (χ1) is 37.9. The zero-order valence-corrected chi connectivity index (χ0v) is 59.2. The predicted molar refractivity (Wildman–Crippen MR) is 274 cm³/mol. The van der Waals surface area contributed by atoms with Crippen LogP contribution < -0.4 is 287 Å². The fourth-order valence-corrected chi connectivity index (χ4v) is 2.15. The van der Waals surface area contributed by atoms with Gasteiger partial charge in [0.2, 0.25) is 35.4 Å². The number of H-pyrrole nitrogens is 3. The number of hydrogen-bond donors (Lipinski definition) is 20. The van der Waals surface area contributed by atoms with E-state index < -0.39 is 12.5 Å². The molecule has 0 saturated carbocycles. The van der Waals surface area contributed by atoms with Crippen LogP contribution in [0.25, 0.3) is 44.6 Å². The molecule has 72 heteroatoms. The Morgan fingerprint density at radius 3 is 1.20 bits per heavy atom. The largest absolute Gasteiger partial charge is 1.00 e. The summed E-state index contributed by atoms with van der Waals surface area (Å²) in [7, 11) is 8.25. The number of hydrazone groups is 4. The van der Waals surface area contributed by atoms with Crippen LogP contribution in [0.3, 0.4) is 0 Å². The number of nitrogens with one attached hydrogen (secondary N) is 3. The third-order valence-electron chi connectivity index (χ3n) is 4.60. The van der Waals surface area contributed by atoms with E-state index in [4.69, 9.17) is 89.5 Å². The van der Waals surface area contributed by atoms with Crippen LogP contribution in [0.2, 0.25) is 0 Å². The normalized spacial score (nSPS) is 8.32. The van der Waals surface area contributed by atoms with Gasteiger partial charge in [0.25, 0.3) is 0 Å². The van der Waals surface area contributed by atoms with Crippen LogP contribution in [-0.4, -0.2) is 215 Å². The van der Waals surface area contributed by atoms with Crippen molar-refractivity contribution < 1.29 is 213 Å². The van der Waals surface area contributed by atoms with E-state index in [0.717, 1.165) is 22.9 Å². The predicted octanol–water partition coefficient (Wildman–Crippen LogP) is -35.4. The number of aromatic nitrogens is 28. The molecular formula is C16H50B3ClF3N53Na6O6. The van der Waals surface area contributed by atoms with Gasteiger partial charge in [-0.2, -0.15) is 54.5 Å². The summed E-state index contributed by atoms with van der Waals surface area (Å²) in [4.78, 5) is 23.5. The topological polar surface area (TPSA) is 1060 Å². The molecule has 7 rings (SSSR count). The van der Waals surface area contributed by atoms with Crippen molar-refractivity contribution >= 4 is 66.9 Å². The number of hydrazine groups is 2. The molecule has 0 aliphatic carbocycles. The Kier molecular flexibility index (Phi) is 132. The summed E-state index contributed by atoms with van der Waals surface area (Å²) in [5.74, 6) is 46.8. The van der Waals surface area contributed by atoms with Crippen molar-refractivity contribution in [2.24, 2.45) is 101 Å². The summed E-state index contributed by atoms with van der Waals surface area (Å²) in [6.45, 7) is 11.8. The van der Waals surface area contributed by atoms with E-state index in [9.17, 15) is 13.2 Å². The number of aldehydes is 1. The number of amidine groups is 3. The average molecular weight is 1350 g/mol. The number of halogens is 4. The van der Waals surface area contributed by atoms with Gasteiger partial charge in [-0.05, 0) is 39.2 Å². The number of carbonyl (C=O) groups is 1. The number of nitrogen functional groups attached to an aromatic ring is 2. The number of hydrogen-bond acceptors (Lipinski definition) is 44. The fraction of sp³-hybridized carbons (Fsp3) is 0.0625. The average Bonchev–Trinajstić information content (AvgIpc) is 4.34. The van der Waals surface area contributed by atoms with Crippen molar-refractivity contribution in [2.45, 2.75) is 6.18 Å². The van der Waals surface area contributed by atoms with Crippen molar-refractivity contribution in [3.05, 3.63) is 38.8 Å². The standard InChI is InChI=1S/C2HF3O.C2H4N10.C2H2N8.C2N8.C2H5N7.C2H8N6.C2H4N4.C2N2.BH3N.2BH.ClH.2H4N2.HNO2.2H3N.6Na.3H2O.H/c3-2(4,5)1-6;3-11-1(5-7-9-11)2-6-8-10-12(2)4;2*3-1(4-8-7-3)2-5-9-10-6-2;3-1(5-4)2-6-8-9-7-2;3-1(7-5)2(4)8-6;1-5-2(3)6-4;1-4-2-3;1-2;;;;2*1-2;2-1-3;;;;;;;;;;;;/h1H;3-4H2;(H,3,4,7,8)(H,5,6,9,10);;4H2,(H2,3,5)(H,6,7,8,9);5-6H2,(H2,3,7)(H2,4,8);4H2,(H2,3,6);;1H,2H2;3*1H;2*1-2H2;(H,2,3);2*1H3;;;;;;;3*1H2;/q;;;-2;;;;;;;-1;;;;;;;6*+1;;;;-1/p-2/i;;;;;;;;3*1T;;;;;;;;;;;;;;;;. The molecular weight excluding hydrogens is 1290 g/mol. The first-order valence-electron chi connectivity index (χ1n) is 17.6. The fourth-order valence-electron chi connectivity index (χ4n) is 2.15. The van der Waals surface area contributed by atoms with Gasteiger partial charge in [0.05, 0.1) is 0 Å². The molecule has 0 amide bonds. The van der Waals surface area contributed by atoms with Crippen molar-refractivity contribution in [3.8, 4) is 41.1 Å². The quantitative estimate of drug-likeness (QED) is 0.00895. The maximum Gasteiger partial charge on any atom is 1.00 e. The second-order valence-corrected chi connectivity index (χ2v) is 8.59. The first kappa shape index (κ1) is 123. The molecule has 7 heterocycles. The van der Waals surface area contributed by atoms with Crippen LogP contribution in [0.1, 0.15) is 7.25 Å². The summed E-state index contributed by atoms with van der Waals surface area (Å²) in [5, 5.41) is 114. The van der Waals surface area contributed by atoms with Crippen molar-refractivity contribution in [1.29, 1.82) is 9.27 Å². The van der Waals surface area contributed by atoms with Crippen molar-refractivity contribution in [2.75, 3.05) is 11.7 Å². The van der Waals surface area contributed by atoms with Gasteiger partial charge in [0, 0.05) is 25.3 Å². The molecule has 0 unspecified atom stereocenters. The smallest absolute Gasteiger partial charge is 1.00 e. The van der Waals surface area contributed by atoms with E-state index in [2.05, 4.69) is 216 Å². The maximum atomic E-state index is 10.4. The molecule has 7 aromatic heterocycles. The van der Waals surface area contributed by atoms with Crippen LogP contribution in [-0.2, 0) is 4.79 Å². The van der Waals surface area contributed by atoms with Gasteiger partial charge in [0.1, 0.15) is 0 Å². The van der Waals surface area contributed by atoms with E-state index in [0.29, 0.717) is 11.6 Å². The van der Waals surface area contributed by atoms with Gasteiger partial charge in [-0.15, -0.1) is 74.7 Å². The molecule has 458 valence electrons. The van der Waals surface area contributed by atoms with E-state index >= 15 is 0 Å². The molecule has 0 saturated heterocycles. The second-order valence-electron chi connectivity index (χ2n) is 8.59. The molecule has 59 nitrogen and oxygen atoms in total. The van der Waals surface area contributed by atoms with Crippen molar-refractivity contribution in [1.82, 2.24) is 156 Å². The zero-order valence-electron chi connectivity index (χ0n) is 50.4. The van der Waals surface area contributed by atoms with Crippen LogP contribution in [0.15, 0.2) is 25.7 Å². The Bertz CT molecular complexity index is 2500. The Hall–Kier alpha value is -6.42. The minimum atomic E-state index is -4.64. The van der Waals surface area contributed by atoms with Gasteiger partial charge in [-0.1, -0.05) is 11.7 Å². The third-order valence-corrected chi connectivity index (χ3v) is 4.60. The summed E-state index contributed by atoms with van der Waals surface area (Å²) in [5.41, 5.74) is 24.3. The van der Waals surface area contributed by atoms with E-state index in [1.165, 1.54) is 6.19 Å². The van der Waals surface area contributed by atoms with Gasteiger partial charge in [0.15, 0.2) is 25.5 Å². The molecule has 0 atom stereocenters. The minimum Gasteiger partial charge on any atom is -1.00 e. The number of tetrazole rings is 7. The van der Waals surface area contributed by atoms with Crippen molar-refractivity contribution in [3.63, 3.8) is 0 Å². The molecule has 6 radical (unpaired) electrons. The Labute approximate surface area is 637 Å². The van der Waals surface area contributed by atoms with E-state index in [1.807, 2.05) is 0 Å². The summed E-state index contributed by atoms with van der Waals surface area (Å²) in [6.07, 6.45) is -4.48. The molecule has 88 heavy (non-hydrogen) atoms. The first-order valence-corrected chi connectivity index (χ1v) is 15.9. The number of nitrogens with two attached hydrogens (primary N) is 15. The second kappa shape index (κ2) is 94.3. The van der Waals surface area contributed by atoms with Crippen LogP contribution in [0.5, 0.6) is 0 Å². The van der Waals surface area contributed by atoms with Gasteiger partial charge >= 0.3 is 196 Å². The van der Waals surface area contributed by atoms with E-state index in [-0.39, 0.29) is 272 Å². The SMILES string of the molecule is Cl.N.N.NN.NN.NN=C(N)C(N)=NN.NN=C(N)c1nn[nH]n1.Nn1nnnc1-c1nnnn1N.O.O.O=CC(F)(F)F.O=N[O-].[3H][B-].[3H][B].[3H][B]N.[C-]#[N+]C#N.[C-]#[N+]C(N)=NN.[H-].[Na+].[Na+].[Na+].[Na+].[Na+].[Na+].[OH-].n1n[n-]c(-c2nnn[n-]2)n1.n1nc(-c2nn[nH]n2)n[nH]1.